The van der Waals surface area contributed by atoms with E-state index < -0.39 is 0 Å². The van der Waals surface area contributed by atoms with Gasteiger partial charge in [0.15, 0.2) is 0 Å². The van der Waals surface area contributed by atoms with Gasteiger partial charge in [-0.2, -0.15) is 0 Å². The van der Waals surface area contributed by atoms with E-state index in [1.54, 1.807) is 12.2 Å². The lowest BCUT2D eigenvalue weighted by molar-refractivity contribution is -0.124. The van der Waals surface area contributed by atoms with Crippen molar-refractivity contribution in [3.05, 3.63) is 47.6 Å². The van der Waals surface area contributed by atoms with Crippen molar-refractivity contribution in [3.8, 4) is 0 Å². The van der Waals surface area contributed by atoms with Crippen LogP contribution in [0.4, 0.5) is 0 Å². The lowest BCUT2D eigenvalue weighted by Crippen LogP contribution is -2.38. The van der Waals surface area contributed by atoms with Gasteiger partial charge in [-0.3, -0.25) is 19.2 Å². The van der Waals surface area contributed by atoms with Crippen LogP contribution in [0.25, 0.3) is 0 Å². The predicted molar refractivity (Wildman–Crippen MR) is 105 cm³/mol. The minimum atomic E-state index is -0.248. The molecule has 2 aliphatic carbocycles. The van der Waals surface area contributed by atoms with Crippen molar-refractivity contribution >= 4 is 23.6 Å². The van der Waals surface area contributed by atoms with Gasteiger partial charge in [0, 0.05) is 24.2 Å². The molecule has 0 aromatic rings. The number of carbonyl (C=O) groups is 4. The van der Waals surface area contributed by atoms with Crippen molar-refractivity contribution in [2.45, 2.75) is 25.7 Å². The second kappa shape index (κ2) is 11.5. The van der Waals surface area contributed by atoms with Crippen LogP contribution in [0.1, 0.15) is 25.7 Å². The fraction of sp³-hybridized carbons (Fsp3) is 0.400. The molecule has 0 heterocycles. The molecule has 0 aliphatic heterocycles. The molecule has 0 fully saturated rings. The molecular weight excluding hydrogens is 360 g/mol. The SMILES string of the molecule is O=C(CNC(=O)C1=CC=CC1)NCCCCNC(=O)CNC(=O)C1=CC=CC1. The van der Waals surface area contributed by atoms with Crippen LogP contribution in [0.3, 0.4) is 0 Å². The molecule has 0 saturated heterocycles. The summed E-state index contributed by atoms with van der Waals surface area (Å²) in [4.78, 5) is 46.8. The van der Waals surface area contributed by atoms with Gasteiger partial charge < -0.3 is 21.3 Å². The van der Waals surface area contributed by atoms with Crippen molar-refractivity contribution < 1.29 is 19.2 Å². The van der Waals surface area contributed by atoms with E-state index in [1.807, 2.05) is 24.3 Å². The highest BCUT2D eigenvalue weighted by molar-refractivity contribution is 5.97. The molecule has 2 aliphatic rings. The molecule has 0 radical (unpaired) electrons. The summed E-state index contributed by atoms with van der Waals surface area (Å²) in [6.07, 6.45) is 13.4. The van der Waals surface area contributed by atoms with E-state index >= 15 is 0 Å². The standard InChI is InChI=1S/C20H26N4O4/c25-17(13-23-19(27)15-7-1-2-8-15)21-11-5-6-12-22-18(26)14-24-20(28)16-9-3-4-10-16/h1-4,7,9H,5-6,8,10-14H2,(H,21,25)(H,22,26)(H,23,27)(H,24,28). The molecule has 0 unspecified atom stereocenters. The number of allylic oxidation sites excluding steroid dienone is 6. The summed E-state index contributed by atoms with van der Waals surface area (Å²) >= 11 is 0. The van der Waals surface area contributed by atoms with Gasteiger partial charge in [-0.1, -0.05) is 36.5 Å². The van der Waals surface area contributed by atoms with Crippen LogP contribution >= 0.6 is 0 Å². The first-order valence-electron chi connectivity index (χ1n) is 9.37. The van der Waals surface area contributed by atoms with Crippen LogP contribution in [-0.4, -0.2) is 49.8 Å². The van der Waals surface area contributed by atoms with Gasteiger partial charge in [-0.25, -0.2) is 0 Å². The van der Waals surface area contributed by atoms with Crippen LogP contribution < -0.4 is 21.3 Å². The summed E-state index contributed by atoms with van der Waals surface area (Å²) in [5.41, 5.74) is 1.30. The Balaban J connectivity index is 1.43. The van der Waals surface area contributed by atoms with E-state index in [2.05, 4.69) is 21.3 Å². The lowest BCUT2D eigenvalue weighted by Gasteiger charge is -2.09. The Labute approximate surface area is 164 Å². The maximum absolute atomic E-state index is 11.7. The quantitative estimate of drug-likeness (QED) is 0.374. The van der Waals surface area contributed by atoms with Crippen LogP contribution in [0.5, 0.6) is 0 Å². The fourth-order valence-electron chi connectivity index (χ4n) is 2.61. The highest BCUT2D eigenvalue weighted by atomic mass is 16.2. The van der Waals surface area contributed by atoms with Crippen LogP contribution in [0.15, 0.2) is 47.6 Å². The smallest absolute Gasteiger partial charge is 0.247 e. The molecule has 150 valence electrons. The Bertz CT molecular complexity index is 672. The first-order valence-corrected chi connectivity index (χ1v) is 9.37. The fourth-order valence-corrected chi connectivity index (χ4v) is 2.61. The van der Waals surface area contributed by atoms with Gasteiger partial charge in [0.25, 0.3) is 0 Å². The van der Waals surface area contributed by atoms with Gasteiger partial charge in [-0.15, -0.1) is 0 Å². The first kappa shape index (κ1) is 21.1. The van der Waals surface area contributed by atoms with Gasteiger partial charge >= 0.3 is 0 Å². The molecule has 0 spiro atoms. The number of rotatable bonds is 11. The van der Waals surface area contributed by atoms with E-state index in [1.165, 1.54) is 0 Å². The summed E-state index contributed by atoms with van der Waals surface area (Å²) in [6, 6.07) is 0. The minimum Gasteiger partial charge on any atom is -0.355 e. The maximum Gasteiger partial charge on any atom is 0.247 e. The Morgan fingerprint density at radius 2 is 1.11 bits per heavy atom. The number of nitrogens with one attached hydrogen (secondary N) is 4. The molecule has 4 amide bonds. The molecule has 0 aromatic heterocycles. The maximum atomic E-state index is 11.7. The zero-order valence-electron chi connectivity index (χ0n) is 15.8. The summed E-state index contributed by atoms with van der Waals surface area (Å²) in [6.45, 7) is 0.816. The number of hydrogen-bond donors (Lipinski definition) is 4. The average Bonchev–Trinajstić information content (AvgIpc) is 3.40. The van der Waals surface area contributed by atoms with Crippen molar-refractivity contribution in [2.75, 3.05) is 26.2 Å². The van der Waals surface area contributed by atoms with Gasteiger partial charge in [0.1, 0.15) is 0 Å². The van der Waals surface area contributed by atoms with E-state index in [-0.39, 0.29) is 36.7 Å². The van der Waals surface area contributed by atoms with E-state index in [0.717, 1.165) is 0 Å². The van der Waals surface area contributed by atoms with Gasteiger partial charge in [-0.05, 0) is 25.7 Å². The summed E-state index contributed by atoms with van der Waals surface area (Å²) in [7, 11) is 0. The number of carbonyl (C=O) groups excluding carboxylic acids is 4. The molecule has 8 nitrogen and oxygen atoms in total. The molecule has 2 rings (SSSR count). The molecule has 4 N–H and O–H groups in total. The zero-order chi connectivity index (χ0) is 20.2. The third-order valence-corrected chi connectivity index (χ3v) is 4.19. The summed E-state index contributed by atoms with van der Waals surface area (Å²) in [5.74, 6) is -0.949. The highest BCUT2D eigenvalue weighted by Gasteiger charge is 2.12. The Hall–Kier alpha value is -3.16. The van der Waals surface area contributed by atoms with Crippen LogP contribution in [0.2, 0.25) is 0 Å². The molecule has 0 saturated carbocycles. The largest absolute Gasteiger partial charge is 0.355 e. The Kier molecular flexibility index (Phi) is 8.71. The van der Waals surface area contributed by atoms with Crippen molar-refractivity contribution in [2.24, 2.45) is 0 Å². The molecule has 0 bridgehead atoms. The lowest BCUT2D eigenvalue weighted by atomic mass is 10.2. The predicted octanol–water partition coefficient (Wildman–Crippen LogP) is 0.00400. The van der Waals surface area contributed by atoms with E-state index in [9.17, 15) is 19.2 Å². The topological polar surface area (TPSA) is 116 Å². The monoisotopic (exact) mass is 386 g/mol. The van der Waals surface area contributed by atoms with Crippen molar-refractivity contribution in [1.82, 2.24) is 21.3 Å². The zero-order valence-corrected chi connectivity index (χ0v) is 15.8. The van der Waals surface area contributed by atoms with E-state index in [0.29, 0.717) is 49.9 Å². The highest BCUT2D eigenvalue weighted by Crippen LogP contribution is 2.10. The van der Waals surface area contributed by atoms with Crippen molar-refractivity contribution in [1.29, 1.82) is 0 Å². The first-order chi connectivity index (χ1) is 13.6. The number of amides is 4. The molecule has 28 heavy (non-hydrogen) atoms. The Morgan fingerprint density at radius 3 is 1.46 bits per heavy atom. The van der Waals surface area contributed by atoms with E-state index in [4.69, 9.17) is 0 Å². The van der Waals surface area contributed by atoms with Crippen LogP contribution in [-0.2, 0) is 19.2 Å². The Morgan fingerprint density at radius 1 is 0.679 bits per heavy atom. The normalized spacial score (nSPS) is 14.3. The molecule has 8 heteroatoms. The van der Waals surface area contributed by atoms with Gasteiger partial charge in [0.05, 0.1) is 13.1 Å². The van der Waals surface area contributed by atoms with Crippen LogP contribution in [0, 0.1) is 0 Å². The number of unbranched alkanes of at least 4 members (excludes halogenated alkanes) is 1. The molecular formula is C20H26N4O4. The third kappa shape index (κ3) is 7.61. The number of hydrogen-bond acceptors (Lipinski definition) is 4. The molecule has 0 aromatic carbocycles. The summed E-state index contributed by atoms with van der Waals surface area (Å²) in [5, 5.41) is 10.6. The van der Waals surface area contributed by atoms with Crippen molar-refractivity contribution in [3.63, 3.8) is 0 Å². The summed E-state index contributed by atoms with van der Waals surface area (Å²) < 4.78 is 0. The third-order valence-electron chi connectivity index (χ3n) is 4.19. The minimum absolute atomic E-state index is 0.0570. The second-order valence-electron chi connectivity index (χ2n) is 6.42. The van der Waals surface area contributed by atoms with Gasteiger partial charge in [0.2, 0.25) is 23.6 Å². The molecule has 0 atom stereocenters. The average molecular weight is 386 g/mol. The second-order valence-corrected chi connectivity index (χ2v) is 6.42.